The van der Waals surface area contributed by atoms with Gasteiger partial charge < -0.3 is 15.2 Å². The molecule has 0 aliphatic rings. The quantitative estimate of drug-likeness (QED) is 0.651. The minimum atomic E-state index is -1.08. The first-order valence-electron chi connectivity index (χ1n) is 7.36. The number of ether oxygens (including phenoxy) is 1. The van der Waals surface area contributed by atoms with Gasteiger partial charge in [-0.05, 0) is 45.9 Å². The molecule has 0 saturated heterocycles. The molecule has 126 valence electrons. The van der Waals surface area contributed by atoms with Crippen molar-refractivity contribution >= 4 is 34.5 Å². The number of carboxylic acids is 1. The van der Waals surface area contributed by atoms with Crippen LogP contribution in [0.1, 0.15) is 17.2 Å². The van der Waals surface area contributed by atoms with Crippen molar-refractivity contribution < 1.29 is 19.4 Å². The molecule has 0 radical (unpaired) electrons. The molecule has 0 heterocycles. The average Bonchev–Trinajstić information content (AvgIpc) is 2.57. The number of hydrogen-bond acceptors (Lipinski definition) is 3. The summed E-state index contributed by atoms with van der Waals surface area (Å²) in [5, 5.41) is 12.0. The third-order valence-electron chi connectivity index (χ3n) is 3.54. The molecular formula is C18H18INO4. The van der Waals surface area contributed by atoms with Gasteiger partial charge in [0, 0.05) is 17.1 Å². The van der Waals surface area contributed by atoms with Crippen molar-refractivity contribution in [1.82, 2.24) is 5.32 Å². The van der Waals surface area contributed by atoms with Crippen LogP contribution in [0.5, 0.6) is 0 Å². The van der Waals surface area contributed by atoms with Crippen molar-refractivity contribution in [3.63, 3.8) is 0 Å². The van der Waals surface area contributed by atoms with Gasteiger partial charge in [-0.1, -0.05) is 42.5 Å². The molecule has 0 aliphatic carbocycles. The fourth-order valence-electron chi connectivity index (χ4n) is 2.33. The van der Waals surface area contributed by atoms with E-state index in [1.807, 2.05) is 30.3 Å². The summed E-state index contributed by atoms with van der Waals surface area (Å²) in [6.45, 7) is 0. The third kappa shape index (κ3) is 5.04. The van der Waals surface area contributed by atoms with E-state index in [0.717, 1.165) is 9.13 Å². The van der Waals surface area contributed by atoms with Crippen LogP contribution in [0.4, 0.5) is 0 Å². The Labute approximate surface area is 154 Å². The van der Waals surface area contributed by atoms with Gasteiger partial charge in [0.05, 0.1) is 0 Å². The van der Waals surface area contributed by atoms with E-state index in [9.17, 15) is 14.7 Å². The lowest BCUT2D eigenvalue weighted by atomic mass is 10.0. The SMILES string of the molecule is CO[C@@H](C(=O)N[C@H](Cc1ccc(I)cc1)C(=O)O)c1ccccc1. The number of methoxy groups -OCH3 is 1. The van der Waals surface area contributed by atoms with Gasteiger partial charge in [-0.15, -0.1) is 0 Å². The number of carbonyl (C=O) groups is 2. The molecule has 0 spiro atoms. The summed E-state index contributed by atoms with van der Waals surface area (Å²) in [5.74, 6) is -1.55. The van der Waals surface area contributed by atoms with E-state index >= 15 is 0 Å². The largest absolute Gasteiger partial charge is 0.480 e. The topological polar surface area (TPSA) is 75.6 Å². The van der Waals surface area contributed by atoms with Crippen molar-refractivity contribution in [3.8, 4) is 0 Å². The Hall–Kier alpha value is -1.93. The summed E-state index contributed by atoms with van der Waals surface area (Å²) in [6, 6.07) is 15.5. The maximum Gasteiger partial charge on any atom is 0.326 e. The fraction of sp³-hybridized carbons (Fsp3) is 0.222. The number of amides is 1. The molecule has 1 amide bonds. The maximum absolute atomic E-state index is 12.4. The molecule has 5 nitrogen and oxygen atoms in total. The van der Waals surface area contributed by atoms with E-state index < -0.39 is 24.0 Å². The zero-order valence-electron chi connectivity index (χ0n) is 13.1. The van der Waals surface area contributed by atoms with Crippen LogP contribution in [0.2, 0.25) is 0 Å². The van der Waals surface area contributed by atoms with Crippen LogP contribution in [0, 0.1) is 3.57 Å². The Bertz CT molecular complexity index is 688. The number of halogens is 1. The van der Waals surface area contributed by atoms with Crippen molar-refractivity contribution in [2.75, 3.05) is 7.11 Å². The van der Waals surface area contributed by atoms with Gasteiger partial charge in [0.2, 0.25) is 0 Å². The van der Waals surface area contributed by atoms with Gasteiger partial charge in [-0.25, -0.2) is 4.79 Å². The molecule has 2 rings (SSSR count). The summed E-state index contributed by atoms with van der Waals surface area (Å²) in [5.41, 5.74) is 1.52. The number of carbonyl (C=O) groups excluding carboxylic acids is 1. The molecule has 6 heteroatoms. The lowest BCUT2D eigenvalue weighted by molar-refractivity contribution is -0.144. The van der Waals surface area contributed by atoms with Crippen LogP contribution in [0.25, 0.3) is 0 Å². The van der Waals surface area contributed by atoms with Crippen LogP contribution in [0.3, 0.4) is 0 Å². The monoisotopic (exact) mass is 439 g/mol. The van der Waals surface area contributed by atoms with Gasteiger partial charge in [0.25, 0.3) is 5.91 Å². The lowest BCUT2D eigenvalue weighted by Crippen LogP contribution is -2.44. The Morgan fingerprint density at radius 2 is 1.75 bits per heavy atom. The molecule has 0 saturated carbocycles. The molecular weight excluding hydrogens is 421 g/mol. The van der Waals surface area contributed by atoms with Gasteiger partial charge in [0.15, 0.2) is 6.10 Å². The first-order chi connectivity index (χ1) is 11.5. The Morgan fingerprint density at radius 3 is 2.29 bits per heavy atom. The van der Waals surface area contributed by atoms with Crippen LogP contribution in [0.15, 0.2) is 54.6 Å². The van der Waals surface area contributed by atoms with Crippen LogP contribution < -0.4 is 5.32 Å². The molecule has 2 atom stereocenters. The summed E-state index contributed by atoms with van der Waals surface area (Å²) in [6.07, 6.45) is -0.631. The van der Waals surface area contributed by atoms with Gasteiger partial charge in [0.1, 0.15) is 6.04 Å². The fourth-order valence-corrected chi connectivity index (χ4v) is 2.69. The Balaban J connectivity index is 2.10. The first kappa shape index (κ1) is 18.4. The molecule has 0 aromatic heterocycles. The van der Waals surface area contributed by atoms with E-state index in [1.165, 1.54) is 7.11 Å². The highest BCUT2D eigenvalue weighted by molar-refractivity contribution is 14.1. The normalized spacial score (nSPS) is 13.1. The zero-order chi connectivity index (χ0) is 17.5. The third-order valence-corrected chi connectivity index (χ3v) is 4.26. The standard InChI is InChI=1S/C18H18INO4/c1-24-16(13-5-3-2-4-6-13)17(21)20-15(18(22)23)11-12-7-9-14(19)10-8-12/h2-10,15-16H,11H2,1H3,(H,20,21)(H,22,23)/t15-,16-/m1/s1. The number of rotatable bonds is 7. The number of aliphatic carboxylic acids is 1. The number of nitrogens with one attached hydrogen (secondary N) is 1. The first-order valence-corrected chi connectivity index (χ1v) is 8.44. The summed E-state index contributed by atoms with van der Waals surface area (Å²) in [4.78, 5) is 23.9. The minimum Gasteiger partial charge on any atom is -0.480 e. The van der Waals surface area contributed by atoms with Crippen molar-refractivity contribution in [3.05, 3.63) is 69.3 Å². The zero-order valence-corrected chi connectivity index (χ0v) is 15.3. The van der Waals surface area contributed by atoms with Gasteiger partial charge in [-0.2, -0.15) is 0 Å². The second-order valence-electron chi connectivity index (χ2n) is 5.26. The molecule has 2 aromatic rings. The van der Waals surface area contributed by atoms with Gasteiger partial charge >= 0.3 is 5.97 Å². The predicted molar refractivity (Wildman–Crippen MR) is 98.6 cm³/mol. The highest BCUT2D eigenvalue weighted by atomic mass is 127. The molecule has 2 aromatic carbocycles. The summed E-state index contributed by atoms with van der Waals surface area (Å²) < 4.78 is 6.30. The number of hydrogen-bond donors (Lipinski definition) is 2. The predicted octanol–water partition coefficient (Wildman–Crippen LogP) is 2.79. The molecule has 24 heavy (non-hydrogen) atoms. The van der Waals surface area contributed by atoms with Crippen LogP contribution in [-0.4, -0.2) is 30.1 Å². The molecule has 0 aliphatic heterocycles. The number of benzene rings is 2. The van der Waals surface area contributed by atoms with Gasteiger partial charge in [-0.3, -0.25) is 4.79 Å². The Morgan fingerprint density at radius 1 is 1.12 bits per heavy atom. The second-order valence-corrected chi connectivity index (χ2v) is 6.50. The van der Waals surface area contributed by atoms with E-state index in [2.05, 4.69) is 27.9 Å². The Kier molecular flexibility index (Phi) is 6.74. The average molecular weight is 439 g/mol. The molecule has 0 fully saturated rings. The van der Waals surface area contributed by atoms with Crippen molar-refractivity contribution in [2.24, 2.45) is 0 Å². The maximum atomic E-state index is 12.4. The molecule has 0 unspecified atom stereocenters. The van der Waals surface area contributed by atoms with Crippen molar-refractivity contribution in [1.29, 1.82) is 0 Å². The number of carboxylic acid groups (broad SMARTS) is 1. The van der Waals surface area contributed by atoms with Crippen molar-refractivity contribution in [2.45, 2.75) is 18.6 Å². The van der Waals surface area contributed by atoms with Crippen LogP contribution in [-0.2, 0) is 20.7 Å². The van der Waals surface area contributed by atoms with E-state index in [1.54, 1.807) is 24.3 Å². The molecule has 0 bridgehead atoms. The molecule has 2 N–H and O–H groups in total. The lowest BCUT2D eigenvalue weighted by Gasteiger charge is -2.20. The minimum absolute atomic E-state index is 0.212. The summed E-state index contributed by atoms with van der Waals surface area (Å²) in [7, 11) is 1.42. The van der Waals surface area contributed by atoms with E-state index in [-0.39, 0.29) is 6.42 Å². The van der Waals surface area contributed by atoms with E-state index in [0.29, 0.717) is 5.56 Å². The summed E-state index contributed by atoms with van der Waals surface area (Å²) >= 11 is 2.18. The smallest absolute Gasteiger partial charge is 0.326 e. The van der Waals surface area contributed by atoms with Crippen LogP contribution >= 0.6 is 22.6 Å². The van der Waals surface area contributed by atoms with E-state index in [4.69, 9.17) is 4.74 Å². The highest BCUT2D eigenvalue weighted by Crippen LogP contribution is 2.17. The highest BCUT2D eigenvalue weighted by Gasteiger charge is 2.26. The second kappa shape index (κ2) is 8.79.